The minimum absolute atomic E-state index is 0.0192. The summed E-state index contributed by atoms with van der Waals surface area (Å²) < 4.78 is 43.1. The molecule has 0 radical (unpaired) electrons. The van der Waals surface area contributed by atoms with Crippen molar-refractivity contribution in [2.45, 2.75) is 70.6 Å². The number of piperazine rings is 1. The zero-order valence-electron chi connectivity index (χ0n) is 29.2. The third-order valence-electron chi connectivity index (χ3n) is 10.1. The maximum absolute atomic E-state index is 14.0. The molecular weight excluding hydrogens is 682 g/mol. The van der Waals surface area contributed by atoms with E-state index in [9.17, 15) is 19.5 Å². The molecular formula is C35H49N5O10S. The number of likely N-dealkylation sites (tertiary alicyclic amines) is 1. The van der Waals surface area contributed by atoms with Crippen molar-refractivity contribution in [1.29, 1.82) is 0 Å². The molecule has 4 amide bonds. The van der Waals surface area contributed by atoms with Gasteiger partial charge in [0.1, 0.15) is 5.75 Å². The van der Waals surface area contributed by atoms with Gasteiger partial charge < -0.3 is 34.6 Å². The summed E-state index contributed by atoms with van der Waals surface area (Å²) in [4.78, 5) is 48.4. The molecule has 15 nitrogen and oxygen atoms in total. The number of nitrogens with one attached hydrogen (secondary N) is 1. The molecule has 0 aromatic heterocycles. The van der Waals surface area contributed by atoms with Gasteiger partial charge in [-0.25, -0.2) is 9.59 Å². The Bertz CT molecular complexity index is 1620. The molecule has 280 valence electrons. The molecule has 3 saturated heterocycles. The number of aromatic hydroxyl groups is 1. The van der Waals surface area contributed by atoms with Crippen molar-refractivity contribution in [3.63, 3.8) is 0 Å². The van der Waals surface area contributed by atoms with Gasteiger partial charge in [-0.2, -0.15) is 8.42 Å². The Morgan fingerprint density at radius 1 is 0.902 bits per heavy atom. The number of nitrogens with zero attached hydrogens (tertiary/aromatic N) is 4. The summed E-state index contributed by atoms with van der Waals surface area (Å²) in [6, 6.07) is 12.0. The first-order valence-electron chi connectivity index (χ1n) is 17.5. The molecule has 51 heavy (non-hydrogen) atoms. The second kappa shape index (κ2) is 17.0. The number of amides is 4. The van der Waals surface area contributed by atoms with Crippen molar-refractivity contribution in [1.82, 2.24) is 19.6 Å². The smallest absolute Gasteiger partial charge is 0.410 e. The normalized spacial score (nSPS) is 20.0. The fourth-order valence-corrected chi connectivity index (χ4v) is 7.41. The molecule has 6 rings (SSSR count). The highest BCUT2D eigenvalue weighted by Crippen LogP contribution is 2.27. The number of carbonyl (C=O) groups excluding carboxylic acids is 3. The van der Waals surface area contributed by atoms with Crippen molar-refractivity contribution in [3.8, 4) is 5.75 Å². The Hall–Kier alpha value is -3.96. The molecule has 1 atom stereocenters. The van der Waals surface area contributed by atoms with Gasteiger partial charge in [0, 0.05) is 83.2 Å². The highest BCUT2D eigenvalue weighted by Gasteiger charge is 2.36. The highest BCUT2D eigenvalue weighted by atomic mass is 32.3. The van der Waals surface area contributed by atoms with Gasteiger partial charge in [0.2, 0.25) is 0 Å². The van der Waals surface area contributed by atoms with E-state index in [0.717, 1.165) is 73.5 Å². The Morgan fingerprint density at radius 2 is 1.51 bits per heavy atom. The predicted octanol–water partition coefficient (Wildman–Crippen LogP) is 3.28. The molecule has 2 aromatic rings. The fourth-order valence-electron chi connectivity index (χ4n) is 7.41. The third-order valence-corrected chi connectivity index (χ3v) is 10.1. The summed E-state index contributed by atoms with van der Waals surface area (Å²) >= 11 is 0. The largest absolute Gasteiger partial charge is 0.507 e. The fraction of sp³-hybridized carbons (Fsp3) is 0.571. The molecule has 16 heteroatoms. The number of phenolic OH excluding ortho intramolecular Hbond substituents is 1. The highest BCUT2D eigenvalue weighted by molar-refractivity contribution is 7.79. The van der Waals surface area contributed by atoms with Crippen LogP contribution in [0.4, 0.5) is 15.3 Å². The number of hydrogen-bond donors (Lipinski definition) is 4. The SMILES string of the molecule is Cc1cc(C[C@@H](OC(=O)N2CCC(N3CCc4ccccc4NC3=O)CC2)C(=O)N2CCN(C3CCOCC3)CC2)cc(C)c1O.O=S(=O)(O)O. The number of aryl methyl sites for hydroxylation is 2. The van der Waals surface area contributed by atoms with Gasteiger partial charge in [0.15, 0.2) is 6.10 Å². The standard InChI is InChI=1S/C35H47N5O6.H2O4S/c1-24-21-26(22-25(2)32(24)41)23-31(33(42)38-17-15-37(16-18-38)28-10-19-45-20-11-28)46-35(44)39-12-8-29(9-13-39)40-14-7-27-5-3-4-6-30(27)36-34(40)43;1-5(2,3)4/h3-6,21-22,28-29,31,41H,7-20,23H2,1-2H3,(H,36,43);(H2,1,2,3,4)/t31-;/m1./s1. The van der Waals surface area contributed by atoms with Crippen molar-refractivity contribution < 1.29 is 46.5 Å². The Labute approximate surface area is 299 Å². The first-order valence-corrected chi connectivity index (χ1v) is 18.9. The molecule has 0 unspecified atom stereocenters. The van der Waals surface area contributed by atoms with Crippen LogP contribution < -0.4 is 5.32 Å². The average Bonchev–Trinajstić information content (AvgIpc) is 3.27. The summed E-state index contributed by atoms with van der Waals surface area (Å²) in [6.07, 6.45) is 2.85. The molecule has 4 aliphatic heterocycles. The van der Waals surface area contributed by atoms with Crippen molar-refractivity contribution in [2.24, 2.45) is 0 Å². The monoisotopic (exact) mass is 731 g/mol. The van der Waals surface area contributed by atoms with Gasteiger partial charge in [-0.3, -0.25) is 18.8 Å². The molecule has 4 N–H and O–H groups in total. The second-order valence-corrected chi connectivity index (χ2v) is 14.5. The molecule has 0 spiro atoms. The molecule has 0 bridgehead atoms. The summed E-state index contributed by atoms with van der Waals surface area (Å²) in [6.45, 7) is 9.50. The van der Waals surface area contributed by atoms with Crippen LogP contribution >= 0.6 is 0 Å². The number of urea groups is 1. The van der Waals surface area contributed by atoms with Crippen molar-refractivity contribution in [2.75, 3.05) is 64.3 Å². The van der Waals surface area contributed by atoms with Gasteiger partial charge in [-0.1, -0.05) is 30.3 Å². The van der Waals surface area contributed by atoms with Crippen LogP contribution in [0.15, 0.2) is 36.4 Å². The van der Waals surface area contributed by atoms with Crippen LogP contribution in [-0.4, -0.2) is 137 Å². The van der Waals surface area contributed by atoms with Gasteiger partial charge in [-0.15, -0.1) is 0 Å². The summed E-state index contributed by atoms with van der Waals surface area (Å²) in [7, 11) is -4.67. The molecule has 4 heterocycles. The number of phenols is 1. The van der Waals surface area contributed by atoms with E-state index in [1.165, 1.54) is 0 Å². The number of carbonyl (C=O) groups is 3. The molecule has 3 fully saturated rings. The predicted molar refractivity (Wildman–Crippen MR) is 188 cm³/mol. The average molecular weight is 732 g/mol. The van der Waals surface area contributed by atoms with E-state index in [2.05, 4.69) is 10.2 Å². The topological polar surface area (TPSA) is 189 Å². The van der Waals surface area contributed by atoms with Crippen LogP contribution in [0.25, 0.3) is 0 Å². The lowest BCUT2D eigenvalue weighted by Crippen LogP contribution is -2.56. The number of para-hydroxylation sites is 1. The lowest BCUT2D eigenvalue weighted by Gasteiger charge is -2.41. The second-order valence-electron chi connectivity index (χ2n) is 13.6. The van der Waals surface area contributed by atoms with Crippen molar-refractivity contribution >= 4 is 34.1 Å². The van der Waals surface area contributed by atoms with Crippen LogP contribution in [-0.2, 0) is 37.5 Å². The van der Waals surface area contributed by atoms with Gasteiger partial charge in [0.05, 0.1) is 0 Å². The lowest BCUT2D eigenvalue weighted by molar-refractivity contribution is -0.143. The van der Waals surface area contributed by atoms with E-state index >= 15 is 0 Å². The van der Waals surface area contributed by atoms with E-state index in [0.29, 0.717) is 51.6 Å². The number of fused-ring (bicyclic) bond motifs is 1. The van der Waals surface area contributed by atoms with Crippen molar-refractivity contribution in [3.05, 3.63) is 58.7 Å². The maximum Gasteiger partial charge on any atom is 0.410 e. The van der Waals surface area contributed by atoms with Crippen LogP contribution in [0.3, 0.4) is 0 Å². The van der Waals surface area contributed by atoms with Crippen LogP contribution in [0.1, 0.15) is 47.9 Å². The number of rotatable bonds is 6. The summed E-state index contributed by atoms with van der Waals surface area (Å²) in [5.41, 5.74) is 4.27. The quantitative estimate of drug-likeness (QED) is 0.319. The molecule has 2 aromatic carbocycles. The van der Waals surface area contributed by atoms with Crippen LogP contribution in [0.2, 0.25) is 0 Å². The molecule has 4 aliphatic rings. The Kier molecular flexibility index (Phi) is 12.8. The van der Waals surface area contributed by atoms with Gasteiger partial charge >= 0.3 is 22.5 Å². The number of hydrogen-bond acceptors (Lipinski definition) is 9. The van der Waals surface area contributed by atoms with E-state index in [1.807, 2.05) is 60.0 Å². The van der Waals surface area contributed by atoms with Gasteiger partial charge in [0.25, 0.3) is 5.91 Å². The summed E-state index contributed by atoms with van der Waals surface area (Å²) in [5.74, 6) is 0.0525. The molecule has 0 aliphatic carbocycles. The van der Waals surface area contributed by atoms with E-state index in [-0.39, 0.29) is 30.2 Å². The van der Waals surface area contributed by atoms with Crippen LogP contribution in [0.5, 0.6) is 5.75 Å². The van der Waals surface area contributed by atoms with E-state index in [1.54, 1.807) is 4.90 Å². The minimum atomic E-state index is -4.67. The maximum atomic E-state index is 14.0. The summed E-state index contributed by atoms with van der Waals surface area (Å²) in [5, 5.41) is 13.4. The third kappa shape index (κ3) is 10.5. The first-order chi connectivity index (χ1) is 24.3. The number of anilines is 1. The van der Waals surface area contributed by atoms with E-state index in [4.69, 9.17) is 27.0 Å². The van der Waals surface area contributed by atoms with Gasteiger partial charge in [-0.05, 0) is 74.3 Å². The number of ether oxygens (including phenoxy) is 2. The number of benzene rings is 2. The van der Waals surface area contributed by atoms with E-state index < -0.39 is 22.6 Å². The zero-order valence-corrected chi connectivity index (χ0v) is 30.0. The Balaban J connectivity index is 0.000000943. The Morgan fingerprint density at radius 3 is 2.14 bits per heavy atom. The minimum Gasteiger partial charge on any atom is -0.507 e. The lowest BCUT2D eigenvalue weighted by atomic mass is 10.00. The molecule has 0 saturated carbocycles. The first kappa shape index (κ1) is 38.3. The van der Waals surface area contributed by atoms with Crippen LogP contribution in [0, 0.1) is 13.8 Å². The zero-order chi connectivity index (χ0) is 36.7. The number of piperidine rings is 1.